The zero-order valence-corrected chi connectivity index (χ0v) is 15.3. The van der Waals surface area contributed by atoms with Crippen LogP contribution in [0.1, 0.15) is 17.7 Å². The van der Waals surface area contributed by atoms with Crippen LogP contribution in [-0.2, 0) is 19.4 Å². The minimum atomic E-state index is -0.753. The molecule has 0 amide bonds. The molecule has 0 saturated carbocycles. The van der Waals surface area contributed by atoms with Gasteiger partial charge in [0.25, 0.3) is 0 Å². The Kier molecular flexibility index (Phi) is 7.93. The van der Waals surface area contributed by atoms with Crippen molar-refractivity contribution in [3.8, 4) is 0 Å². The van der Waals surface area contributed by atoms with Crippen molar-refractivity contribution in [1.29, 1.82) is 0 Å². The number of benzene rings is 1. The van der Waals surface area contributed by atoms with E-state index in [0.717, 1.165) is 11.7 Å². The maximum atomic E-state index is 4.45. The SMILES string of the molecule is Cl.Cl.[CH3][Cr]([CH2]c1ccccn1)[C]1=CC(c2ccccc2)=CC1. The molecule has 1 aromatic carbocycles. The van der Waals surface area contributed by atoms with E-state index in [9.17, 15) is 0 Å². The van der Waals surface area contributed by atoms with Gasteiger partial charge in [0.2, 0.25) is 0 Å². The molecule has 1 heterocycles. The molecule has 0 radical (unpaired) electrons. The summed E-state index contributed by atoms with van der Waals surface area (Å²) < 4.78 is 1.63. The van der Waals surface area contributed by atoms with E-state index in [-0.39, 0.29) is 24.8 Å². The molecule has 0 bridgehead atoms. The second-order valence-corrected chi connectivity index (χ2v) is 8.20. The van der Waals surface area contributed by atoms with Crippen molar-refractivity contribution in [1.82, 2.24) is 4.98 Å². The second kappa shape index (κ2) is 9.18. The maximum absolute atomic E-state index is 4.45. The number of aromatic nitrogens is 1. The first-order valence-electron chi connectivity index (χ1n) is 6.81. The average molecular weight is 373 g/mol. The molecule has 1 nitrogen and oxygen atoms in total. The Morgan fingerprint density at radius 3 is 2.41 bits per heavy atom. The van der Waals surface area contributed by atoms with E-state index in [2.05, 4.69) is 65.4 Å². The van der Waals surface area contributed by atoms with E-state index in [1.54, 1.807) is 4.44 Å². The van der Waals surface area contributed by atoms with E-state index in [1.165, 1.54) is 16.8 Å². The Labute approximate surface area is 149 Å². The number of nitrogens with zero attached hydrogens (tertiary/aromatic N) is 1. The fourth-order valence-corrected chi connectivity index (χ4v) is 4.71. The molecule has 1 aliphatic carbocycles. The van der Waals surface area contributed by atoms with Crippen LogP contribution < -0.4 is 0 Å². The normalized spacial score (nSPS) is 13.0. The molecule has 1 aliphatic rings. The van der Waals surface area contributed by atoms with Gasteiger partial charge < -0.3 is 0 Å². The summed E-state index contributed by atoms with van der Waals surface area (Å²) in [5.41, 5.74) is 3.95. The van der Waals surface area contributed by atoms with Gasteiger partial charge in [-0.1, -0.05) is 0 Å². The molecular formula is C18H20Cl2CrN. The Bertz CT molecular complexity index is 639. The summed E-state index contributed by atoms with van der Waals surface area (Å²) in [7, 11) is 0. The van der Waals surface area contributed by atoms with E-state index in [4.69, 9.17) is 0 Å². The van der Waals surface area contributed by atoms with E-state index >= 15 is 0 Å². The van der Waals surface area contributed by atoms with Crippen LogP contribution in [0.5, 0.6) is 0 Å². The van der Waals surface area contributed by atoms with Crippen molar-refractivity contribution in [3.05, 3.63) is 82.6 Å². The standard InChI is InChI=1S/C11H9.C6H6N.CH3.2ClH.Cr/c1-2-6-10(7-3-1)11-8-4-5-9-11;1-6-4-2-3-5-7-6;;;;/h1-3,6-9H,4H2;2-5H,1H2;1H3;2*1H;. The molecule has 0 aliphatic heterocycles. The quantitative estimate of drug-likeness (QED) is 0.693. The summed E-state index contributed by atoms with van der Waals surface area (Å²) >= 11 is -0.753. The molecule has 1 aromatic heterocycles. The van der Waals surface area contributed by atoms with Crippen LogP contribution in [0.2, 0.25) is 5.79 Å². The van der Waals surface area contributed by atoms with Gasteiger partial charge in [0.05, 0.1) is 0 Å². The first kappa shape index (κ1) is 19.0. The Morgan fingerprint density at radius 2 is 1.73 bits per heavy atom. The summed E-state index contributed by atoms with van der Waals surface area (Å²) in [6.07, 6.45) is 7.79. The predicted molar refractivity (Wildman–Crippen MR) is 95.4 cm³/mol. The number of allylic oxidation sites excluding steroid dienone is 4. The van der Waals surface area contributed by atoms with Crippen LogP contribution in [0.15, 0.2) is 71.3 Å². The second-order valence-electron chi connectivity index (χ2n) is 4.94. The van der Waals surface area contributed by atoms with Gasteiger partial charge in [0.15, 0.2) is 0 Å². The molecule has 0 fully saturated rings. The zero-order valence-electron chi connectivity index (χ0n) is 12.4. The number of hydrogen-bond acceptors (Lipinski definition) is 1. The average Bonchev–Trinajstić information content (AvgIpc) is 2.99. The summed E-state index contributed by atoms with van der Waals surface area (Å²) in [5, 5.41) is 1.14. The summed E-state index contributed by atoms with van der Waals surface area (Å²) in [6, 6.07) is 16.9. The van der Waals surface area contributed by atoms with Gasteiger partial charge in [-0.3, -0.25) is 0 Å². The number of hydrogen-bond donors (Lipinski definition) is 0. The third-order valence-electron chi connectivity index (χ3n) is 3.48. The van der Waals surface area contributed by atoms with E-state index in [0.29, 0.717) is 0 Å². The van der Waals surface area contributed by atoms with Crippen LogP contribution in [-0.4, -0.2) is 4.98 Å². The molecular weight excluding hydrogens is 353 g/mol. The fourth-order valence-electron chi connectivity index (χ4n) is 2.37. The summed E-state index contributed by atoms with van der Waals surface area (Å²) in [5.74, 6) is 2.42. The van der Waals surface area contributed by atoms with Crippen molar-refractivity contribution in [3.63, 3.8) is 0 Å². The van der Waals surface area contributed by atoms with Crippen molar-refractivity contribution < 1.29 is 14.1 Å². The van der Waals surface area contributed by atoms with Gasteiger partial charge in [0, 0.05) is 0 Å². The van der Waals surface area contributed by atoms with Crippen molar-refractivity contribution >= 4 is 30.4 Å². The third-order valence-corrected chi connectivity index (χ3v) is 6.47. The van der Waals surface area contributed by atoms with Crippen LogP contribution in [0.3, 0.4) is 0 Å². The molecule has 117 valence electrons. The van der Waals surface area contributed by atoms with Crippen LogP contribution in [0.25, 0.3) is 5.57 Å². The molecule has 22 heavy (non-hydrogen) atoms. The number of pyridine rings is 1. The fraction of sp³-hybridized carbons (Fsp3) is 0.167. The van der Waals surface area contributed by atoms with E-state index in [1.807, 2.05) is 12.3 Å². The molecule has 4 heteroatoms. The monoisotopic (exact) mass is 372 g/mol. The van der Waals surface area contributed by atoms with Gasteiger partial charge in [-0.05, 0) is 0 Å². The summed E-state index contributed by atoms with van der Waals surface area (Å²) in [6.45, 7) is 0. The number of halogens is 2. The zero-order chi connectivity index (χ0) is 13.8. The Hall–Kier alpha value is -1.04. The topological polar surface area (TPSA) is 12.9 Å². The Balaban J connectivity index is 0.00000121. The minimum absolute atomic E-state index is 0. The summed E-state index contributed by atoms with van der Waals surface area (Å²) in [4.78, 5) is 4.45. The van der Waals surface area contributed by atoms with Crippen molar-refractivity contribution in [2.45, 2.75) is 17.5 Å². The van der Waals surface area contributed by atoms with Crippen LogP contribution in [0, 0.1) is 0 Å². The van der Waals surface area contributed by atoms with Gasteiger partial charge in [-0.2, -0.15) is 0 Å². The molecule has 0 N–H and O–H groups in total. The molecule has 0 saturated heterocycles. The van der Waals surface area contributed by atoms with Crippen molar-refractivity contribution in [2.24, 2.45) is 0 Å². The molecule has 0 spiro atoms. The van der Waals surface area contributed by atoms with Gasteiger partial charge >= 0.3 is 125 Å². The number of rotatable bonds is 4. The van der Waals surface area contributed by atoms with Crippen molar-refractivity contribution in [2.75, 3.05) is 0 Å². The first-order chi connectivity index (χ1) is 9.83. The van der Waals surface area contributed by atoms with E-state index < -0.39 is 14.1 Å². The molecule has 0 unspecified atom stereocenters. The molecule has 3 rings (SSSR count). The van der Waals surface area contributed by atoms with Gasteiger partial charge in [-0.25, -0.2) is 0 Å². The van der Waals surface area contributed by atoms with Gasteiger partial charge in [0.1, 0.15) is 0 Å². The first-order valence-corrected chi connectivity index (χ1v) is 9.63. The predicted octanol–water partition coefficient (Wildman–Crippen LogP) is 5.46. The molecule has 2 aromatic rings. The Morgan fingerprint density at radius 1 is 1.00 bits per heavy atom. The molecule has 0 atom stereocenters. The van der Waals surface area contributed by atoms with Gasteiger partial charge in [-0.15, -0.1) is 24.8 Å². The van der Waals surface area contributed by atoms with Crippen LogP contribution >= 0.6 is 24.8 Å². The third kappa shape index (κ3) is 4.73. The van der Waals surface area contributed by atoms with Crippen LogP contribution in [0.4, 0.5) is 0 Å².